The van der Waals surface area contributed by atoms with E-state index in [1.165, 1.54) is 0 Å². The van der Waals surface area contributed by atoms with E-state index in [1.54, 1.807) is 30.7 Å². The number of nitrogens with zero attached hydrogens (tertiary/aromatic N) is 2. The summed E-state index contributed by atoms with van der Waals surface area (Å²) in [4.78, 5) is 35.4. The summed E-state index contributed by atoms with van der Waals surface area (Å²) in [7, 11) is 1.62. The van der Waals surface area contributed by atoms with E-state index in [-0.39, 0.29) is 24.5 Å². The summed E-state index contributed by atoms with van der Waals surface area (Å²) in [5, 5.41) is 5.25. The zero-order valence-corrected chi connectivity index (χ0v) is 24.1. The molecule has 0 saturated heterocycles. The lowest BCUT2D eigenvalue weighted by Gasteiger charge is -2.28. The molecule has 3 aromatic carbocycles. The Morgan fingerprint density at radius 2 is 1.83 bits per heavy atom. The summed E-state index contributed by atoms with van der Waals surface area (Å²) in [6, 6.07) is 23.0. The number of thioether (sulfide) groups is 1. The molecule has 0 bridgehead atoms. The number of H-pyrrole nitrogens is 1. The number of aliphatic imine (C=N–C) groups is 1. The fourth-order valence-corrected chi connectivity index (χ4v) is 5.82. The first-order valence-electron chi connectivity index (χ1n) is 13.6. The van der Waals surface area contributed by atoms with Crippen molar-refractivity contribution in [2.45, 2.75) is 25.9 Å². The summed E-state index contributed by atoms with van der Waals surface area (Å²) in [6.45, 7) is 2.95. The molecule has 0 radical (unpaired) electrons. The number of rotatable bonds is 12. The first-order valence-corrected chi connectivity index (χ1v) is 14.6. The average molecular weight is 571 g/mol. The second-order valence-corrected chi connectivity index (χ2v) is 11.0. The Morgan fingerprint density at radius 1 is 1.05 bits per heavy atom. The predicted molar refractivity (Wildman–Crippen MR) is 164 cm³/mol. The van der Waals surface area contributed by atoms with Crippen LogP contribution < -0.4 is 14.8 Å². The van der Waals surface area contributed by atoms with Crippen LogP contribution in [0.15, 0.2) is 84.0 Å². The van der Waals surface area contributed by atoms with Crippen LogP contribution in [-0.2, 0) is 22.6 Å². The molecule has 41 heavy (non-hydrogen) atoms. The fraction of sp³-hybridized carbons (Fsp3) is 0.281. The van der Waals surface area contributed by atoms with E-state index in [1.807, 2.05) is 72.9 Å². The molecule has 2 N–H and O–H groups in total. The Kier molecular flexibility index (Phi) is 9.26. The molecule has 1 aliphatic rings. The topological polar surface area (TPSA) is 96.0 Å². The van der Waals surface area contributed by atoms with E-state index in [9.17, 15) is 9.59 Å². The van der Waals surface area contributed by atoms with Gasteiger partial charge in [-0.25, -0.2) is 0 Å². The van der Waals surface area contributed by atoms with Gasteiger partial charge in [-0.1, -0.05) is 36.4 Å². The number of amides is 2. The van der Waals surface area contributed by atoms with E-state index < -0.39 is 0 Å². The average Bonchev–Trinajstić information content (AvgIpc) is 3.67. The molecule has 0 spiro atoms. The van der Waals surface area contributed by atoms with Crippen LogP contribution in [0.2, 0.25) is 0 Å². The SMILES string of the molecule is COc1ccccc1CN(CC(Cc1c[nH]c2ccccc12)NC(=O)COc1ccc(C2=NCCS2)cc1)C(C)=O. The molecule has 1 aromatic heterocycles. The molecule has 9 heteroatoms. The van der Waals surface area contributed by atoms with Gasteiger partial charge in [0.1, 0.15) is 11.5 Å². The van der Waals surface area contributed by atoms with Crippen LogP contribution in [0.5, 0.6) is 11.5 Å². The van der Waals surface area contributed by atoms with Gasteiger partial charge in [0.25, 0.3) is 5.91 Å². The first kappa shape index (κ1) is 28.3. The van der Waals surface area contributed by atoms with Gasteiger partial charge in [0, 0.05) is 60.5 Å². The molecule has 2 amide bonds. The van der Waals surface area contributed by atoms with E-state index >= 15 is 0 Å². The summed E-state index contributed by atoms with van der Waals surface area (Å²) >= 11 is 1.75. The zero-order chi connectivity index (χ0) is 28.6. The van der Waals surface area contributed by atoms with Gasteiger partial charge < -0.3 is 24.7 Å². The molecule has 2 heterocycles. The number of fused-ring (bicyclic) bond motifs is 1. The molecule has 0 saturated carbocycles. The van der Waals surface area contributed by atoms with Crippen molar-refractivity contribution in [2.24, 2.45) is 4.99 Å². The first-order chi connectivity index (χ1) is 20.0. The van der Waals surface area contributed by atoms with E-state index in [4.69, 9.17) is 9.47 Å². The number of aromatic nitrogens is 1. The molecule has 8 nitrogen and oxygen atoms in total. The van der Waals surface area contributed by atoms with Gasteiger partial charge in [-0.05, 0) is 48.4 Å². The normalized spacial score (nSPS) is 13.5. The molecule has 1 atom stereocenters. The number of ether oxygens (including phenoxy) is 2. The number of nitrogens with one attached hydrogen (secondary N) is 2. The number of carbonyl (C=O) groups is 2. The van der Waals surface area contributed by atoms with Gasteiger partial charge in [-0.2, -0.15) is 0 Å². The third-order valence-corrected chi connectivity index (χ3v) is 8.03. The maximum absolute atomic E-state index is 13.1. The quantitative estimate of drug-likeness (QED) is 0.255. The third kappa shape index (κ3) is 7.29. The lowest BCUT2D eigenvalue weighted by molar-refractivity contribution is -0.131. The summed E-state index contributed by atoms with van der Waals surface area (Å²) in [5.41, 5.74) is 4.05. The van der Waals surface area contributed by atoms with Crippen LogP contribution in [-0.4, -0.2) is 65.3 Å². The third-order valence-electron chi connectivity index (χ3n) is 7.00. The van der Waals surface area contributed by atoms with Crippen LogP contribution >= 0.6 is 11.8 Å². The minimum absolute atomic E-state index is 0.0875. The maximum atomic E-state index is 13.1. The van der Waals surface area contributed by atoms with Crippen LogP contribution in [0.3, 0.4) is 0 Å². The summed E-state index contributed by atoms with van der Waals surface area (Å²) < 4.78 is 11.3. The largest absolute Gasteiger partial charge is 0.496 e. The van der Waals surface area contributed by atoms with Gasteiger partial charge in [0.2, 0.25) is 5.91 Å². The number of para-hydroxylation sites is 2. The number of hydrogen-bond donors (Lipinski definition) is 2. The van der Waals surface area contributed by atoms with Gasteiger partial charge in [-0.15, -0.1) is 11.8 Å². The van der Waals surface area contributed by atoms with E-state index in [2.05, 4.69) is 21.4 Å². The van der Waals surface area contributed by atoms with Crippen molar-refractivity contribution in [1.82, 2.24) is 15.2 Å². The number of carbonyl (C=O) groups excluding carboxylic acids is 2. The fourth-order valence-electron chi connectivity index (χ4n) is 4.96. The van der Waals surface area contributed by atoms with Crippen molar-refractivity contribution < 1.29 is 19.1 Å². The van der Waals surface area contributed by atoms with E-state index in [0.717, 1.165) is 44.9 Å². The Bertz CT molecular complexity index is 1530. The van der Waals surface area contributed by atoms with Crippen molar-refractivity contribution in [2.75, 3.05) is 32.6 Å². The Morgan fingerprint density at radius 3 is 2.59 bits per heavy atom. The highest BCUT2D eigenvalue weighted by atomic mass is 32.2. The minimum Gasteiger partial charge on any atom is -0.496 e. The Hall–Kier alpha value is -4.24. The molecule has 4 aromatic rings. The minimum atomic E-state index is -0.344. The van der Waals surface area contributed by atoms with Crippen LogP contribution in [0.25, 0.3) is 10.9 Å². The molecule has 1 aliphatic heterocycles. The van der Waals surface area contributed by atoms with Crippen LogP contribution in [0.1, 0.15) is 23.6 Å². The van der Waals surface area contributed by atoms with Gasteiger partial charge in [0.15, 0.2) is 6.61 Å². The van der Waals surface area contributed by atoms with Crippen molar-refractivity contribution in [3.63, 3.8) is 0 Å². The highest BCUT2D eigenvalue weighted by Crippen LogP contribution is 2.23. The number of methoxy groups -OCH3 is 1. The molecule has 0 fully saturated rings. The lowest BCUT2D eigenvalue weighted by atomic mass is 10.0. The second-order valence-electron chi connectivity index (χ2n) is 9.89. The zero-order valence-electron chi connectivity index (χ0n) is 23.3. The lowest BCUT2D eigenvalue weighted by Crippen LogP contribution is -2.47. The number of aromatic amines is 1. The summed E-state index contributed by atoms with van der Waals surface area (Å²) in [6.07, 6.45) is 2.51. The van der Waals surface area contributed by atoms with Crippen molar-refractivity contribution >= 4 is 39.5 Å². The van der Waals surface area contributed by atoms with Crippen LogP contribution in [0, 0.1) is 0 Å². The molecular formula is C32H34N4O4S. The van der Waals surface area contributed by atoms with Crippen molar-refractivity contribution in [3.8, 4) is 11.5 Å². The van der Waals surface area contributed by atoms with Crippen molar-refractivity contribution in [3.05, 3.63) is 95.7 Å². The number of hydrogen-bond acceptors (Lipinski definition) is 6. The maximum Gasteiger partial charge on any atom is 0.258 e. The molecule has 0 aliphatic carbocycles. The molecular weight excluding hydrogens is 536 g/mol. The predicted octanol–water partition coefficient (Wildman–Crippen LogP) is 4.82. The van der Waals surface area contributed by atoms with Crippen molar-refractivity contribution in [1.29, 1.82) is 0 Å². The molecule has 5 rings (SSSR count). The standard InChI is InChI=1S/C32H34N4O4S/c1-22(37)36(19-24-7-3-6-10-30(24)39-2)20-26(17-25-18-34-29-9-5-4-8-28(25)29)35-31(38)21-40-27-13-11-23(12-14-27)32-33-15-16-41-32/h3-14,18,26,34H,15-17,19-21H2,1-2H3,(H,35,38). The molecule has 1 unspecified atom stereocenters. The smallest absolute Gasteiger partial charge is 0.258 e. The number of benzene rings is 3. The van der Waals surface area contributed by atoms with Gasteiger partial charge in [-0.3, -0.25) is 14.6 Å². The van der Waals surface area contributed by atoms with Gasteiger partial charge in [0.05, 0.1) is 18.2 Å². The van der Waals surface area contributed by atoms with E-state index in [0.29, 0.717) is 31.0 Å². The highest BCUT2D eigenvalue weighted by Gasteiger charge is 2.22. The van der Waals surface area contributed by atoms with Crippen LogP contribution in [0.4, 0.5) is 0 Å². The second kappa shape index (κ2) is 13.4. The monoisotopic (exact) mass is 570 g/mol. The Balaban J connectivity index is 1.29. The van der Waals surface area contributed by atoms with Gasteiger partial charge >= 0.3 is 0 Å². The summed E-state index contributed by atoms with van der Waals surface area (Å²) in [5.74, 6) is 2.00. The molecule has 212 valence electrons. The highest BCUT2D eigenvalue weighted by molar-refractivity contribution is 8.14. The Labute approximate surface area is 244 Å².